The third-order valence-corrected chi connectivity index (χ3v) is 2.85. The van der Waals surface area contributed by atoms with Crippen molar-refractivity contribution in [3.05, 3.63) is 29.8 Å². The van der Waals surface area contributed by atoms with Gasteiger partial charge >= 0.3 is 12.1 Å². The first kappa shape index (κ1) is 19.1. The number of alkyl halides is 1. The van der Waals surface area contributed by atoms with Gasteiger partial charge in [-0.2, -0.15) is 0 Å². The van der Waals surface area contributed by atoms with Crippen LogP contribution in [0.1, 0.15) is 26.3 Å². The van der Waals surface area contributed by atoms with Crippen molar-refractivity contribution in [3.8, 4) is 5.75 Å². The summed E-state index contributed by atoms with van der Waals surface area (Å²) in [5, 5.41) is 11.6. The van der Waals surface area contributed by atoms with E-state index in [2.05, 4.69) is 5.32 Å². The van der Waals surface area contributed by atoms with E-state index in [-0.39, 0.29) is 6.42 Å². The molecule has 128 valence electrons. The molecule has 0 saturated heterocycles. The van der Waals surface area contributed by atoms with Gasteiger partial charge in [0.15, 0.2) is 0 Å². The topological polar surface area (TPSA) is 84.9 Å². The summed E-state index contributed by atoms with van der Waals surface area (Å²) in [4.78, 5) is 23.0. The summed E-state index contributed by atoms with van der Waals surface area (Å²) < 4.78 is 10.4. The maximum absolute atomic E-state index is 11.7. The first-order valence-corrected chi connectivity index (χ1v) is 7.75. The molecule has 1 amide bonds. The summed E-state index contributed by atoms with van der Waals surface area (Å²) in [5.41, 5.74) is 0.0702. The van der Waals surface area contributed by atoms with Crippen LogP contribution < -0.4 is 10.1 Å². The van der Waals surface area contributed by atoms with Crippen LogP contribution in [0.15, 0.2) is 24.3 Å². The molecule has 0 aliphatic rings. The molecule has 2 N–H and O–H groups in total. The predicted molar refractivity (Wildman–Crippen MR) is 87.2 cm³/mol. The molecule has 0 fully saturated rings. The minimum Gasteiger partial charge on any atom is -0.492 e. The van der Waals surface area contributed by atoms with Gasteiger partial charge in [0.1, 0.15) is 24.0 Å². The molecule has 23 heavy (non-hydrogen) atoms. The molecule has 0 heterocycles. The van der Waals surface area contributed by atoms with E-state index in [0.29, 0.717) is 18.2 Å². The van der Waals surface area contributed by atoms with Crippen LogP contribution in [0.4, 0.5) is 4.79 Å². The highest BCUT2D eigenvalue weighted by atomic mass is 35.5. The minimum atomic E-state index is -1.13. The second-order valence-electron chi connectivity index (χ2n) is 5.92. The fourth-order valence-corrected chi connectivity index (χ4v) is 1.84. The van der Waals surface area contributed by atoms with Gasteiger partial charge in [-0.25, -0.2) is 9.59 Å². The summed E-state index contributed by atoms with van der Waals surface area (Å²) in [6, 6.07) is 5.88. The third kappa shape index (κ3) is 7.74. The van der Waals surface area contributed by atoms with Gasteiger partial charge in [-0.15, -0.1) is 11.6 Å². The normalized spacial score (nSPS) is 12.3. The molecule has 0 aromatic heterocycles. The molecule has 1 aromatic rings. The maximum Gasteiger partial charge on any atom is 0.408 e. The first-order chi connectivity index (χ1) is 10.7. The predicted octanol–water partition coefficient (Wildman–Crippen LogP) is 2.82. The van der Waals surface area contributed by atoms with Crippen LogP contribution in [0.25, 0.3) is 0 Å². The van der Waals surface area contributed by atoms with Crippen molar-refractivity contribution in [1.82, 2.24) is 5.32 Å². The number of carbonyl (C=O) groups is 2. The minimum absolute atomic E-state index is 0.143. The van der Waals surface area contributed by atoms with Gasteiger partial charge < -0.3 is 19.9 Å². The van der Waals surface area contributed by atoms with Crippen LogP contribution in [-0.4, -0.2) is 41.3 Å². The number of carboxylic acid groups (broad SMARTS) is 1. The Bertz CT molecular complexity index is 524. The quantitative estimate of drug-likeness (QED) is 0.744. The lowest BCUT2D eigenvalue weighted by molar-refractivity contribution is -0.139. The lowest BCUT2D eigenvalue weighted by Crippen LogP contribution is -2.44. The fourth-order valence-electron chi connectivity index (χ4n) is 1.76. The highest BCUT2D eigenvalue weighted by Crippen LogP contribution is 2.14. The Hall–Kier alpha value is -1.95. The van der Waals surface area contributed by atoms with Crippen LogP contribution in [0, 0.1) is 0 Å². The molecular formula is C16H22ClNO5. The van der Waals surface area contributed by atoms with Gasteiger partial charge in [0.05, 0.1) is 5.88 Å². The van der Waals surface area contributed by atoms with E-state index in [0.717, 1.165) is 5.56 Å². The molecule has 1 atom stereocenters. The standard InChI is InChI=1S/C16H22ClNO5/c1-16(2,3)23-15(21)18-13(14(19)20)10-11-4-6-12(7-5-11)22-9-8-17/h4-7,13H,8-10H2,1-3H3,(H,18,21)(H,19,20)/t13-/m0/s1. The van der Waals surface area contributed by atoms with Crippen molar-refractivity contribution in [2.45, 2.75) is 38.8 Å². The van der Waals surface area contributed by atoms with E-state index in [9.17, 15) is 14.7 Å². The van der Waals surface area contributed by atoms with Crippen LogP contribution in [0.5, 0.6) is 5.75 Å². The highest BCUT2D eigenvalue weighted by molar-refractivity contribution is 6.18. The second-order valence-corrected chi connectivity index (χ2v) is 6.30. The summed E-state index contributed by atoms with van der Waals surface area (Å²) >= 11 is 5.54. The summed E-state index contributed by atoms with van der Waals surface area (Å²) in [7, 11) is 0. The van der Waals surface area contributed by atoms with E-state index in [1.54, 1.807) is 45.0 Å². The summed E-state index contributed by atoms with van der Waals surface area (Å²) in [6.07, 6.45) is -0.614. The van der Waals surface area contributed by atoms with Gasteiger partial charge in [0.25, 0.3) is 0 Å². The molecule has 0 radical (unpaired) electrons. The number of carbonyl (C=O) groups excluding carboxylic acids is 1. The SMILES string of the molecule is CC(C)(C)OC(=O)N[C@@H](Cc1ccc(OCCCl)cc1)C(=O)O. The number of rotatable bonds is 7. The van der Waals surface area contributed by atoms with Crippen molar-refractivity contribution in [1.29, 1.82) is 0 Å². The third-order valence-electron chi connectivity index (χ3n) is 2.70. The molecule has 0 spiro atoms. The fraction of sp³-hybridized carbons (Fsp3) is 0.500. The van der Waals surface area contributed by atoms with E-state index in [4.69, 9.17) is 21.1 Å². The average Bonchev–Trinajstić information content (AvgIpc) is 2.43. The van der Waals surface area contributed by atoms with E-state index < -0.39 is 23.7 Å². The highest BCUT2D eigenvalue weighted by Gasteiger charge is 2.24. The number of amides is 1. The van der Waals surface area contributed by atoms with Gasteiger partial charge in [-0.05, 0) is 38.5 Å². The Labute approximate surface area is 140 Å². The van der Waals surface area contributed by atoms with Crippen LogP contribution in [-0.2, 0) is 16.0 Å². The number of nitrogens with one attached hydrogen (secondary N) is 1. The van der Waals surface area contributed by atoms with E-state index in [1.807, 2.05) is 0 Å². The number of alkyl carbamates (subject to hydrolysis) is 1. The first-order valence-electron chi connectivity index (χ1n) is 7.21. The molecule has 0 unspecified atom stereocenters. The smallest absolute Gasteiger partial charge is 0.408 e. The van der Waals surface area contributed by atoms with E-state index >= 15 is 0 Å². The molecule has 0 aliphatic heterocycles. The Kier molecular flexibility index (Phi) is 7.16. The van der Waals surface area contributed by atoms with Crippen LogP contribution >= 0.6 is 11.6 Å². The molecule has 7 heteroatoms. The van der Waals surface area contributed by atoms with Crippen molar-refractivity contribution < 1.29 is 24.2 Å². The Balaban J connectivity index is 2.65. The number of hydrogen-bond acceptors (Lipinski definition) is 4. The monoisotopic (exact) mass is 343 g/mol. The molecule has 6 nitrogen and oxygen atoms in total. The Morgan fingerprint density at radius 2 is 1.87 bits per heavy atom. The molecule has 0 saturated carbocycles. The molecule has 1 rings (SSSR count). The van der Waals surface area contributed by atoms with E-state index in [1.165, 1.54) is 0 Å². The Morgan fingerprint density at radius 1 is 1.26 bits per heavy atom. The van der Waals surface area contributed by atoms with Gasteiger partial charge in [-0.3, -0.25) is 0 Å². The van der Waals surface area contributed by atoms with Gasteiger partial charge in [-0.1, -0.05) is 12.1 Å². The second kappa shape index (κ2) is 8.62. The summed E-state index contributed by atoms with van der Waals surface area (Å²) in [5.74, 6) is -0.0810. The number of benzene rings is 1. The largest absolute Gasteiger partial charge is 0.492 e. The Morgan fingerprint density at radius 3 is 2.35 bits per heavy atom. The van der Waals surface area contributed by atoms with Crippen LogP contribution in [0.2, 0.25) is 0 Å². The zero-order valence-corrected chi connectivity index (χ0v) is 14.2. The molecule has 0 bridgehead atoms. The molecule has 0 aliphatic carbocycles. The molecule has 1 aromatic carbocycles. The number of carboxylic acids is 1. The zero-order chi connectivity index (χ0) is 17.5. The number of ether oxygens (including phenoxy) is 2. The number of aliphatic carboxylic acids is 1. The van der Waals surface area contributed by atoms with Crippen molar-refractivity contribution in [3.63, 3.8) is 0 Å². The average molecular weight is 344 g/mol. The van der Waals surface area contributed by atoms with Crippen molar-refractivity contribution in [2.75, 3.05) is 12.5 Å². The van der Waals surface area contributed by atoms with Crippen LogP contribution in [0.3, 0.4) is 0 Å². The van der Waals surface area contributed by atoms with Crippen molar-refractivity contribution >= 4 is 23.7 Å². The van der Waals surface area contributed by atoms with Crippen molar-refractivity contribution in [2.24, 2.45) is 0 Å². The lowest BCUT2D eigenvalue weighted by atomic mass is 10.1. The molecular weight excluding hydrogens is 322 g/mol. The van der Waals surface area contributed by atoms with Gasteiger partial charge in [0.2, 0.25) is 0 Å². The lowest BCUT2D eigenvalue weighted by Gasteiger charge is -2.22. The summed E-state index contributed by atoms with van der Waals surface area (Å²) in [6.45, 7) is 5.53. The number of halogens is 1. The zero-order valence-electron chi connectivity index (χ0n) is 13.5. The van der Waals surface area contributed by atoms with Gasteiger partial charge in [0, 0.05) is 6.42 Å². The number of hydrogen-bond donors (Lipinski definition) is 2. The maximum atomic E-state index is 11.7.